The van der Waals surface area contributed by atoms with Crippen LogP contribution in [0.25, 0.3) is 10.8 Å². The van der Waals surface area contributed by atoms with Gasteiger partial charge < -0.3 is 15.0 Å². The third kappa shape index (κ3) is 4.65. The molecule has 0 aliphatic carbocycles. The molecule has 2 amide bonds. The summed E-state index contributed by atoms with van der Waals surface area (Å²) in [4.78, 5) is 26.7. The Hall–Kier alpha value is -2.86. The summed E-state index contributed by atoms with van der Waals surface area (Å²) >= 11 is 3.59. The van der Waals surface area contributed by atoms with Crippen molar-refractivity contribution in [3.63, 3.8) is 0 Å². The quantitative estimate of drug-likeness (QED) is 0.605. The molecule has 30 heavy (non-hydrogen) atoms. The molecule has 4 rings (SSSR count). The Morgan fingerprint density at radius 1 is 0.967 bits per heavy atom. The lowest BCUT2D eigenvalue weighted by Crippen LogP contribution is -2.47. The smallest absolute Gasteiger partial charge is 0.260 e. The van der Waals surface area contributed by atoms with Gasteiger partial charge in [0.05, 0.1) is 4.47 Å². The van der Waals surface area contributed by atoms with E-state index in [1.807, 2.05) is 54.6 Å². The van der Waals surface area contributed by atoms with Gasteiger partial charge in [0.1, 0.15) is 5.75 Å². The van der Waals surface area contributed by atoms with E-state index in [4.69, 9.17) is 4.74 Å². The molecular weight excluding hydrogens is 444 g/mol. The van der Waals surface area contributed by atoms with E-state index in [1.54, 1.807) is 17.0 Å². The van der Waals surface area contributed by atoms with Crippen molar-refractivity contribution in [2.45, 2.75) is 18.9 Å². The zero-order valence-corrected chi connectivity index (χ0v) is 18.1. The maximum Gasteiger partial charge on any atom is 0.260 e. The average Bonchev–Trinajstić information content (AvgIpc) is 2.79. The minimum absolute atomic E-state index is 0.00200. The second kappa shape index (κ2) is 9.30. The monoisotopic (exact) mass is 466 g/mol. The van der Waals surface area contributed by atoms with E-state index < -0.39 is 0 Å². The number of likely N-dealkylation sites (tertiary alicyclic amines) is 1. The van der Waals surface area contributed by atoms with Crippen LogP contribution in [0.4, 0.5) is 0 Å². The van der Waals surface area contributed by atoms with E-state index in [9.17, 15) is 9.59 Å². The molecule has 1 N–H and O–H groups in total. The molecule has 154 valence electrons. The fourth-order valence-electron chi connectivity index (χ4n) is 3.69. The summed E-state index contributed by atoms with van der Waals surface area (Å²) in [5.41, 5.74) is 0.658. The Labute approximate surface area is 184 Å². The van der Waals surface area contributed by atoms with Crippen LogP contribution in [0.1, 0.15) is 23.2 Å². The van der Waals surface area contributed by atoms with Gasteiger partial charge in [-0.3, -0.25) is 9.59 Å². The molecule has 0 unspecified atom stereocenters. The molecule has 0 atom stereocenters. The first-order chi connectivity index (χ1) is 14.6. The third-order valence-corrected chi connectivity index (χ3v) is 6.22. The predicted octanol–water partition coefficient (Wildman–Crippen LogP) is 4.40. The molecule has 0 saturated carbocycles. The molecule has 1 fully saturated rings. The number of halogens is 1. The van der Waals surface area contributed by atoms with Crippen molar-refractivity contribution in [2.75, 3.05) is 19.7 Å². The highest BCUT2D eigenvalue weighted by Gasteiger charge is 2.24. The molecule has 1 heterocycles. The summed E-state index contributed by atoms with van der Waals surface area (Å²) < 4.78 is 6.66. The number of benzene rings is 3. The van der Waals surface area contributed by atoms with E-state index in [1.165, 1.54) is 0 Å². The minimum Gasteiger partial charge on any atom is -0.483 e. The van der Waals surface area contributed by atoms with Gasteiger partial charge in [0, 0.05) is 24.7 Å². The minimum atomic E-state index is -0.0649. The van der Waals surface area contributed by atoms with Crippen LogP contribution in [0.5, 0.6) is 5.75 Å². The Bertz CT molecular complexity index is 1050. The summed E-state index contributed by atoms with van der Waals surface area (Å²) in [5, 5.41) is 5.23. The molecule has 0 radical (unpaired) electrons. The molecule has 1 aliphatic rings. The van der Waals surface area contributed by atoms with Gasteiger partial charge in [0.15, 0.2) is 6.61 Å². The van der Waals surface area contributed by atoms with Gasteiger partial charge in [0.25, 0.3) is 11.8 Å². The largest absolute Gasteiger partial charge is 0.483 e. The van der Waals surface area contributed by atoms with Gasteiger partial charge >= 0.3 is 0 Å². The first kappa shape index (κ1) is 20.4. The number of amides is 2. The van der Waals surface area contributed by atoms with Crippen LogP contribution < -0.4 is 10.1 Å². The number of piperidine rings is 1. The zero-order valence-electron chi connectivity index (χ0n) is 16.5. The SMILES string of the molecule is O=C(NC1CCN(C(=O)COc2ccc3ccccc3c2Br)CC1)c1ccccc1. The van der Waals surface area contributed by atoms with E-state index >= 15 is 0 Å². The van der Waals surface area contributed by atoms with Crippen LogP contribution >= 0.6 is 15.9 Å². The molecule has 6 heteroatoms. The topological polar surface area (TPSA) is 58.6 Å². The number of carbonyl (C=O) groups is 2. The summed E-state index contributed by atoms with van der Waals surface area (Å²) in [6, 6.07) is 21.2. The van der Waals surface area contributed by atoms with Crippen molar-refractivity contribution in [2.24, 2.45) is 0 Å². The first-order valence-corrected chi connectivity index (χ1v) is 10.8. The molecule has 0 aromatic heterocycles. The fourth-order valence-corrected chi connectivity index (χ4v) is 4.30. The Morgan fingerprint density at radius 2 is 1.67 bits per heavy atom. The maximum atomic E-state index is 12.6. The third-order valence-electron chi connectivity index (χ3n) is 5.40. The Morgan fingerprint density at radius 3 is 2.43 bits per heavy atom. The Kier molecular flexibility index (Phi) is 6.33. The lowest BCUT2D eigenvalue weighted by Gasteiger charge is -2.32. The van der Waals surface area contributed by atoms with E-state index in [-0.39, 0.29) is 24.5 Å². The number of rotatable bonds is 5. The number of fused-ring (bicyclic) bond motifs is 1. The highest BCUT2D eigenvalue weighted by Crippen LogP contribution is 2.33. The fraction of sp³-hybridized carbons (Fsp3) is 0.250. The van der Waals surface area contributed by atoms with Gasteiger partial charge in [0.2, 0.25) is 0 Å². The lowest BCUT2D eigenvalue weighted by molar-refractivity contribution is -0.134. The van der Waals surface area contributed by atoms with Crippen molar-refractivity contribution in [1.29, 1.82) is 0 Å². The van der Waals surface area contributed by atoms with Crippen LogP contribution in [-0.4, -0.2) is 42.5 Å². The highest BCUT2D eigenvalue weighted by molar-refractivity contribution is 9.10. The second-order valence-electron chi connectivity index (χ2n) is 7.38. The van der Waals surface area contributed by atoms with Crippen molar-refractivity contribution >= 4 is 38.5 Å². The summed E-state index contributed by atoms with van der Waals surface area (Å²) in [5.74, 6) is 0.555. The summed E-state index contributed by atoms with van der Waals surface area (Å²) in [6.45, 7) is 1.22. The number of nitrogens with zero attached hydrogens (tertiary/aromatic N) is 1. The van der Waals surface area contributed by atoms with Crippen LogP contribution in [0.2, 0.25) is 0 Å². The highest BCUT2D eigenvalue weighted by atomic mass is 79.9. The van der Waals surface area contributed by atoms with Gasteiger partial charge in [-0.05, 0) is 57.7 Å². The average molecular weight is 467 g/mol. The van der Waals surface area contributed by atoms with Crippen molar-refractivity contribution in [3.8, 4) is 5.75 Å². The second-order valence-corrected chi connectivity index (χ2v) is 8.18. The molecule has 1 saturated heterocycles. The number of carbonyl (C=O) groups excluding carboxylic acids is 2. The molecule has 3 aromatic carbocycles. The number of nitrogens with one attached hydrogen (secondary N) is 1. The lowest BCUT2D eigenvalue weighted by atomic mass is 10.0. The Balaban J connectivity index is 1.28. The summed E-state index contributed by atoms with van der Waals surface area (Å²) in [7, 11) is 0. The molecule has 0 bridgehead atoms. The van der Waals surface area contributed by atoms with Crippen molar-refractivity contribution in [3.05, 3.63) is 76.8 Å². The van der Waals surface area contributed by atoms with E-state index in [2.05, 4.69) is 21.2 Å². The number of ether oxygens (including phenoxy) is 1. The number of hydrogen-bond donors (Lipinski definition) is 1. The van der Waals surface area contributed by atoms with E-state index in [0.29, 0.717) is 24.4 Å². The van der Waals surface area contributed by atoms with Gasteiger partial charge in [-0.15, -0.1) is 0 Å². The van der Waals surface area contributed by atoms with Gasteiger partial charge in [-0.2, -0.15) is 0 Å². The first-order valence-electron chi connectivity index (χ1n) is 10.1. The maximum absolute atomic E-state index is 12.6. The van der Waals surface area contributed by atoms with E-state index in [0.717, 1.165) is 28.1 Å². The predicted molar refractivity (Wildman–Crippen MR) is 121 cm³/mol. The van der Waals surface area contributed by atoms with Crippen LogP contribution in [0.15, 0.2) is 71.2 Å². The van der Waals surface area contributed by atoms with Gasteiger partial charge in [-0.25, -0.2) is 0 Å². The molecule has 5 nitrogen and oxygen atoms in total. The zero-order chi connectivity index (χ0) is 20.9. The molecule has 0 spiro atoms. The van der Waals surface area contributed by atoms with Crippen molar-refractivity contribution < 1.29 is 14.3 Å². The summed E-state index contributed by atoms with van der Waals surface area (Å²) in [6.07, 6.45) is 1.48. The van der Waals surface area contributed by atoms with Crippen LogP contribution in [0.3, 0.4) is 0 Å². The molecule has 1 aliphatic heterocycles. The van der Waals surface area contributed by atoms with Crippen molar-refractivity contribution in [1.82, 2.24) is 10.2 Å². The van der Waals surface area contributed by atoms with Crippen LogP contribution in [0, 0.1) is 0 Å². The standard InChI is InChI=1S/C24H23BrN2O3/c25-23-20-9-5-4-6-17(20)10-11-21(23)30-16-22(28)27-14-12-19(13-15-27)26-24(29)18-7-2-1-3-8-18/h1-11,19H,12-16H2,(H,26,29). The molecular formula is C24H23BrN2O3. The molecule has 3 aromatic rings. The number of hydrogen-bond acceptors (Lipinski definition) is 3. The van der Waals surface area contributed by atoms with Gasteiger partial charge in [-0.1, -0.05) is 48.5 Å². The normalized spacial score (nSPS) is 14.5. The van der Waals surface area contributed by atoms with Crippen LogP contribution in [-0.2, 0) is 4.79 Å².